The third-order valence-electron chi connectivity index (χ3n) is 5.24. The molecule has 3 rings (SSSR count). The molecule has 154 valence electrons. The summed E-state index contributed by atoms with van der Waals surface area (Å²) in [4.78, 5) is 28.5. The molecule has 0 aliphatic carbocycles. The molecule has 6 nitrogen and oxygen atoms in total. The molecule has 1 aromatic carbocycles. The van der Waals surface area contributed by atoms with Crippen molar-refractivity contribution in [3.8, 4) is 0 Å². The Kier molecular flexibility index (Phi) is 5.82. The largest absolute Gasteiger partial charge is 0.444 e. The first kappa shape index (κ1) is 20.4. The van der Waals surface area contributed by atoms with Crippen LogP contribution in [0.1, 0.15) is 50.9 Å². The van der Waals surface area contributed by atoms with Crippen LogP contribution in [0.3, 0.4) is 0 Å². The number of hydrogen-bond acceptors (Lipinski definition) is 4. The van der Waals surface area contributed by atoms with Gasteiger partial charge in [0, 0.05) is 31.7 Å². The second-order valence-electron chi connectivity index (χ2n) is 8.80. The number of benzene rings is 1. The van der Waals surface area contributed by atoms with E-state index in [4.69, 9.17) is 4.74 Å². The highest BCUT2D eigenvalue weighted by molar-refractivity contribution is 5.95. The molecule has 0 spiro atoms. The zero-order valence-electron chi connectivity index (χ0n) is 17.1. The molecule has 0 bridgehead atoms. The minimum Gasteiger partial charge on any atom is -0.444 e. The van der Waals surface area contributed by atoms with Crippen molar-refractivity contribution in [1.82, 2.24) is 10.2 Å². The van der Waals surface area contributed by atoms with E-state index in [2.05, 4.69) is 5.32 Å². The van der Waals surface area contributed by atoms with Gasteiger partial charge in [-0.3, -0.25) is 4.79 Å². The van der Waals surface area contributed by atoms with Crippen LogP contribution in [0.2, 0.25) is 0 Å². The first-order chi connectivity index (χ1) is 13.1. The summed E-state index contributed by atoms with van der Waals surface area (Å²) in [5.41, 5.74) is 0.328. The Labute approximate surface area is 166 Å². The number of alkyl carbamates (subject to hydrolysis) is 1. The molecule has 7 heteroatoms. The van der Waals surface area contributed by atoms with Crippen LogP contribution in [0.25, 0.3) is 0 Å². The molecule has 0 radical (unpaired) electrons. The highest BCUT2D eigenvalue weighted by Gasteiger charge is 2.35. The predicted octanol–water partition coefficient (Wildman–Crippen LogP) is 3.41. The fourth-order valence-electron chi connectivity index (χ4n) is 3.82. The van der Waals surface area contributed by atoms with Gasteiger partial charge >= 0.3 is 6.09 Å². The van der Waals surface area contributed by atoms with Crippen LogP contribution in [-0.4, -0.2) is 54.7 Å². The maximum absolute atomic E-state index is 14.5. The minimum atomic E-state index is -0.573. The number of likely N-dealkylation sites (tertiary alicyclic amines) is 1. The SMILES string of the molecule is CC1CN(C(=O)c2ccc(N3CCCC3)c(F)c2)CC1NC(=O)OC(C)(C)C. The van der Waals surface area contributed by atoms with Crippen molar-refractivity contribution in [3.05, 3.63) is 29.6 Å². The summed E-state index contributed by atoms with van der Waals surface area (Å²) in [7, 11) is 0. The predicted molar refractivity (Wildman–Crippen MR) is 106 cm³/mol. The maximum Gasteiger partial charge on any atom is 0.407 e. The van der Waals surface area contributed by atoms with Gasteiger partial charge in [0.1, 0.15) is 11.4 Å². The second-order valence-corrected chi connectivity index (χ2v) is 8.80. The first-order valence-corrected chi connectivity index (χ1v) is 9.97. The van der Waals surface area contributed by atoms with Gasteiger partial charge in [0.05, 0.1) is 11.7 Å². The highest BCUT2D eigenvalue weighted by Crippen LogP contribution is 2.26. The highest BCUT2D eigenvalue weighted by atomic mass is 19.1. The van der Waals surface area contributed by atoms with E-state index in [-0.39, 0.29) is 23.7 Å². The monoisotopic (exact) mass is 391 g/mol. The zero-order valence-corrected chi connectivity index (χ0v) is 17.1. The van der Waals surface area contributed by atoms with E-state index in [1.54, 1.807) is 37.8 Å². The number of rotatable bonds is 3. The van der Waals surface area contributed by atoms with E-state index in [9.17, 15) is 14.0 Å². The molecule has 2 aliphatic rings. The van der Waals surface area contributed by atoms with Crippen LogP contribution >= 0.6 is 0 Å². The average molecular weight is 391 g/mol. The Morgan fingerprint density at radius 2 is 1.86 bits per heavy atom. The lowest BCUT2D eigenvalue weighted by Gasteiger charge is -2.23. The average Bonchev–Trinajstić information content (AvgIpc) is 3.23. The fraction of sp³-hybridized carbons (Fsp3) is 0.619. The van der Waals surface area contributed by atoms with E-state index in [1.807, 2.05) is 11.8 Å². The van der Waals surface area contributed by atoms with Crippen LogP contribution in [0.5, 0.6) is 0 Å². The molecule has 28 heavy (non-hydrogen) atoms. The van der Waals surface area contributed by atoms with Crippen molar-refractivity contribution in [3.63, 3.8) is 0 Å². The van der Waals surface area contributed by atoms with Gasteiger partial charge in [0.15, 0.2) is 0 Å². The Morgan fingerprint density at radius 3 is 2.46 bits per heavy atom. The lowest BCUT2D eigenvalue weighted by Crippen LogP contribution is -2.43. The summed E-state index contributed by atoms with van der Waals surface area (Å²) in [6.45, 7) is 10.00. The third-order valence-corrected chi connectivity index (χ3v) is 5.24. The number of carbonyl (C=O) groups excluding carboxylic acids is 2. The molecule has 2 amide bonds. The van der Waals surface area contributed by atoms with Gasteiger partial charge in [-0.2, -0.15) is 0 Å². The number of amides is 2. The molecule has 1 aromatic rings. The van der Waals surface area contributed by atoms with Gasteiger partial charge in [-0.25, -0.2) is 9.18 Å². The van der Waals surface area contributed by atoms with Crippen molar-refractivity contribution in [2.75, 3.05) is 31.1 Å². The Balaban J connectivity index is 1.63. The van der Waals surface area contributed by atoms with E-state index in [0.29, 0.717) is 24.3 Å². The fourth-order valence-corrected chi connectivity index (χ4v) is 3.82. The lowest BCUT2D eigenvalue weighted by atomic mass is 10.1. The van der Waals surface area contributed by atoms with Gasteiger partial charge < -0.3 is 19.9 Å². The zero-order chi connectivity index (χ0) is 20.5. The van der Waals surface area contributed by atoms with Crippen molar-refractivity contribution < 1.29 is 18.7 Å². The normalized spacial score (nSPS) is 22.5. The van der Waals surface area contributed by atoms with Crippen molar-refractivity contribution in [1.29, 1.82) is 0 Å². The van der Waals surface area contributed by atoms with E-state index < -0.39 is 11.7 Å². The summed E-state index contributed by atoms with van der Waals surface area (Å²) >= 11 is 0. The number of hydrogen-bond donors (Lipinski definition) is 1. The molecule has 2 heterocycles. The van der Waals surface area contributed by atoms with Crippen molar-refractivity contribution in [2.45, 2.75) is 52.2 Å². The Morgan fingerprint density at radius 1 is 1.18 bits per heavy atom. The second kappa shape index (κ2) is 7.97. The van der Waals surface area contributed by atoms with Gasteiger partial charge in [-0.15, -0.1) is 0 Å². The van der Waals surface area contributed by atoms with Crippen molar-refractivity contribution in [2.24, 2.45) is 5.92 Å². The molecular formula is C21H30FN3O3. The van der Waals surface area contributed by atoms with Gasteiger partial charge in [-0.1, -0.05) is 6.92 Å². The molecule has 2 fully saturated rings. The van der Waals surface area contributed by atoms with Gasteiger partial charge in [0.25, 0.3) is 5.91 Å². The minimum absolute atomic E-state index is 0.0881. The van der Waals surface area contributed by atoms with Crippen LogP contribution in [0.4, 0.5) is 14.9 Å². The number of carbonyl (C=O) groups is 2. The van der Waals surface area contributed by atoms with Crippen LogP contribution in [-0.2, 0) is 4.74 Å². The number of nitrogens with zero attached hydrogens (tertiary/aromatic N) is 2. The summed E-state index contributed by atoms with van der Waals surface area (Å²) in [6, 6.07) is 4.53. The van der Waals surface area contributed by atoms with Gasteiger partial charge in [-0.05, 0) is 57.7 Å². The molecule has 2 unspecified atom stereocenters. The molecular weight excluding hydrogens is 361 g/mol. The molecule has 2 aliphatic heterocycles. The maximum atomic E-state index is 14.5. The molecule has 2 saturated heterocycles. The molecule has 2 atom stereocenters. The van der Waals surface area contributed by atoms with Crippen LogP contribution in [0.15, 0.2) is 18.2 Å². The lowest BCUT2D eigenvalue weighted by molar-refractivity contribution is 0.0494. The summed E-state index contributed by atoms with van der Waals surface area (Å²) in [5.74, 6) is -0.485. The summed E-state index contributed by atoms with van der Waals surface area (Å²) in [6.07, 6.45) is 1.65. The number of nitrogens with one attached hydrogen (secondary N) is 1. The number of anilines is 1. The smallest absolute Gasteiger partial charge is 0.407 e. The molecule has 1 N–H and O–H groups in total. The van der Waals surface area contributed by atoms with E-state index in [1.165, 1.54) is 6.07 Å². The van der Waals surface area contributed by atoms with E-state index >= 15 is 0 Å². The third kappa shape index (κ3) is 4.75. The quantitative estimate of drug-likeness (QED) is 0.858. The Bertz CT molecular complexity index is 741. The van der Waals surface area contributed by atoms with Gasteiger partial charge in [0.2, 0.25) is 0 Å². The first-order valence-electron chi connectivity index (χ1n) is 9.97. The standard InChI is InChI=1S/C21H30FN3O3/c1-14-12-25(13-17(14)23-20(27)28-21(2,3)4)19(26)15-7-8-18(16(22)11-15)24-9-5-6-10-24/h7-8,11,14,17H,5-6,9-10,12-13H2,1-4H3,(H,23,27). The van der Waals surface area contributed by atoms with Crippen LogP contribution < -0.4 is 10.2 Å². The molecule has 0 aromatic heterocycles. The van der Waals surface area contributed by atoms with Crippen molar-refractivity contribution >= 4 is 17.7 Å². The van der Waals surface area contributed by atoms with E-state index in [0.717, 1.165) is 25.9 Å². The number of halogens is 1. The molecule has 0 saturated carbocycles. The Hall–Kier alpha value is -2.31. The topological polar surface area (TPSA) is 61.9 Å². The van der Waals surface area contributed by atoms with Crippen LogP contribution in [0, 0.1) is 11.7 Å². The summed E-state index contributed by atoms with van der Waals surface area (Å²) < 4.78 is 19.8. The summed E-state index contributed by atoms with van der Waals surface area (Å²) in [5, 5.41) is 2.84. The number of ether oxygens (including phenoxy) is 1.